The molecule has 0 spiro atoms. The zero-order valence-electron chi connectivity index (χ0n) is 26.0. The van der Waals surface area contributed by atoms with Gasteiger partial charge in [0, 0.05) is 42.8 Å². The van der Waals surface area contributed by atoms with Crippen molar-refractivity contribution in [3.05, 3.63) is 151 Å². The second kappa shape index (κ2) is 9.71. The van der Waals surface area contributed by atoms with E-state index in [0.717, 1.165) is 38.5 Å². The first-order valence-corrected chi connectivity index (χ1v) is 16.9. The lowest BCUT2D eigenvalue weighted by atomic mass is 9.82. The second-order valence-electron chi connectivity index (χ2n) is 13.0. The van der Waals surface area contributed by atoms with Crippen molar-refractivity contribution in [2.24, 2.45) is 0 Å². The Labute approximate surface area is 276 Å². The highest BCUT2D eigenvalue weighted by Crippen LogP contribution is 2.53. The monoisotopic (exact) mass is 619 g/mol. The lowest BCUT2D eigenvalue weighted by Gasteiger charge is -2.21. The molecule has 3 nitrogen and oxygen atoms in total. The van der Waals surface area contributed by atoms with Crippen LogP contribution < -0.4 is 0 Å². The van der Waals surface area contributed by atoms with Crippen LogP contribution in [0.5, 0.6) is 0 Å². The smallest absolute Gasteiger partial charge is 0.163 e. The van der Waals surface area contributed by atoms with E-state index in [9.17, 15) is 0 Å². The van der Waals surface area contributed by atoms with Crippen molar-refractivity contribution in [3.63, 3.8) is 0 Å². The third kappa shape index (κ3) is 3.67. The van der Waals surface area contributed by atoms with Crippen molar-refractivity contribution >= 4 is 53.4 Å². The molecule has 1 aliphatic carbocycles. The fourth-order valence-corrected chi connectivity index (χ4v) is 8.99. The maximum atomic E-state index is 5.38. The van der Waals surface area contributed by atoms with E-state index in [1.807, 2.05) is 0 Å². The van der Waals surface area contributed by atoms with Crippen LogP contribution in [-0.2, 0) is 5.41 Å². The van der Waals surface area contributed by atoms with E-state index in [0.29, 0.717) is 0 Å². The first kappa shape index (κ1) is 26.6. The molecule has 0 amide bonds. The summed E-state index contributed by atoms with van der Waals surface area (Å²) in [6.07, 6.45) is 0. The Morgan fingerprint density at radius 2 is 1.26 bits per heavy atom. The Morgan fingerprint density at radius 3 is 2.13 bits per heavy atom. The molecule has 0 aliphatic heterocycles. The SMILES string of the molecule is CC1(C)c2ccccc2-c2c1ccc1c2c2ccccc2n1-c1ccccc1-c1nc(-c2ccccc2)c2c(n1)sc1ccccc12. The molecule has 0 fully saturated rings. The summed E-state index contributed by atoms with van der Waals surface area (Å²) >= 11 is 1.74. The largest absolute Gasteiger partial charge is 0.308 e. The van der Waals surface area contributed by atoms with E-state index in [4.69, 9.17) is 9.97 Å². The molecule has 4 heteroatoms. The maximum Gasteiger partial charge on any atom is 0.163 e. The van der Waals surface area contributed by atoms with Gasteiger partial charge in [-0.05, 0) is 52.6 Å². The van der Waals surface area contributed by atoms with Crippen LogP contribution in [0, 0.1) is 0 Å². The van der Waals surface area contributed by atoms with Gasteiger partial charge in [-0.25, -0.2) is 9.97 Å². The molecular formula is C43H29N3S. The summed E-state index contributed by atoms with van der Waals surface area (Å²) in [4.78, 5) is 11.7. The summed E-state index contributed by atoms with van der Waals surface area (Å²) in [6, 6.07) is 50.1. The molecule has 47 heavy (non-hydrogen) atoms. The quantitative estimate of drug-likeness (QED) is 0.197. The Hall–Kier alpha value is -5.58. The van der Waals surface area contributed by atoms with Crippen molar-refractivity contribution in [1.29, 1.82) is 0 Å². The molecule has 0 bridgehead atoms. The van der Waals surface area contributed by atoms with Gasteiger partial charge < -0.3 is 4.57 Å². The highest BCUT2D eigenvalue weighted by Gasteiger charge is 2.37. The van der Waals surface area contributed by atoms with Gasteiger partial charge in [-0.3, -0.25) is 0 Å². The van der Waals surface area contributed by atoms with Crippen molar-refractivity contribution in [1.82, 2.24) is 14.5 Å². The topological polar surface area (TPSA) is 30.7 Å². The van der Waals surface area contributed by atoms with Gasteiger partial charge in [0.1, 0.15) is 4.83 Å². The van der Waals surface area contributed by atoms with Crippen LogP contribution in [0.1, 0.15) is 25.0 Å². The van der Waals surface area contributed by atoms with Gasteiger partial charge in [-0.15, -0.1) is 11.3 Å². The van der Waals surface area contributed by atoms with Crippen LogP contribution >= 0.6 is 11.3 Å². The first-order valence-electron chi connectivity index (χ1n) is 16.1. The first-order chi connectivity index (χ1) is 23.1. The standard InChI is InChI=1S/C43H29N3S/c1-43(2)31-20-10-6-16-27(31)37-32(43)24-25-35-38(37)28-17-7-11-21-33(28)46(35)34-22-12-8-18-29(34)41-44-40(26-14-4-3-5-15-26)39-30-19-9-13-23-36(30)47-42(39)45-41/h3-25H,1-2H3. The van der Waals surface area contributed by atoms with E-state index in [2.05, 4.69) is 158 Å². The fraction of sp³-hybridized carbons (Fsp3) is 0.0698. The van der Waals surface area contributed by atoms with Gasteiger partial charge in [-0.1, -0.05) is 123 Å². The average molecular weight is 620 g/mol. The normalized spacial score (nSPS) is 13.5. The molecule has 9 aromatic rings. The lowest BCUT2D eigenvalue weighted by molar-refractivity contribution is 0.661. The van der Waals surface area contributed by atoms with Gasteiger partial charge in [0.15, 0.2) is 5.82 Å². The Bertz CT molecular complexity index is 2710. The summed E-state index contributed by atoms with van der Waals surface area (Å²) in [7, 11) is 0. The molecule has 3 aromatic heterocycles. The molecule has 6 aromatic carbocycles. The summed E-state index contributed by atoms with van der Waals surface area (Å²) in [6.45, 7) is 4.70. The second-order valence-corrected chi connectivity index (χ2v) is 14.0. The van der Waals surface area contributed by atoms with Crippen molar-refractivity contribution in [2.45, 2.75) is 19.3 Å². The predicted octanol–water partition coefficient (Wildman–Crippen LogP) is 11.6. The van der Waals surface area contributed by atoms with Gasteiger partial charge in [0.05, 0.1) is 22.4 Å². The molecule has 0 unspecified atom stereocenters. The van der Waals surface area contributed by atoms with Gasteiger partial charge in [-0.2, -0.15) is 0 Å². The number of hydrogen-bond acceptors (Lipinski definition) is 3. The summed E-state index contributed by atoms with van der Waals surface area (Å²) in [5, 5.41) is 4.88. The molecule has 3 heterocycles. The molecule has 0 N–H and O–H groups in total. The fourth-order valence-electron chi connectivity index (χ4n) is 7.92. The number of rotatable bonds is 3. The van der Waals surface area contributed by atoms with Gasteiger partial charge in [0.25, 0.3) is 0 Å². The van der Waals surface area contributed by atoms with Gasteiger partial charge in [0.2, 0.25) is 0 Å². The van der Waals surface area contributed by atoms with E-state index in [1.54, 1.807) is 11.3 Å². The van der Waals surface area contributed by atoms with Crippen LogP contribution in [-0.4, -0.2) is 14.5 Å². The highest BCUT2D eigenvalue weighted by atomic mass is 32.1. The predicted molar refractivity (Wildman–Crippen MR) is 198 cm³/mol. The number of fused-ring (bicyclic) bond motifs is 10. The Kier molecular flexibility index (Phi) is 5.50. The molecule has 0 saturated carbocycles. The van der Waals surface area contributed by atoms with Crippen LogP contribution in [0.25, 0.3) is 81.6 Å². The third-order valence-corrected chi connectivity index (χ3v) is 11.1. The highest BCUT2D eigenvalue weighted by molar-refractivity contribution is 7.25. The molecule has 0 saturated heterocycles. The van der Waals surface area contributed by atoms with Crippen LogP contribution in [0.2, 0.25) is 0 Å². The maximum absolute atomic E-state index is 5.38. The van der Waals surface area contributed by atoms with E-state index in [1.165, 1.54) is 54.1 Å². The average Bonchev–Trinajstić information content (AvgIpc) is 3.74. The molecule has 0 atom stereocenters. The van der Waals surface area contributed by atoms with Crippen LogP contribution in [0.3, 0.4) is 0 Å². The minimum atomic E-state index is -0.0669. The van der Waals surface area contributed by atoms with Crippen LogP contribution in [0.4, 0.5) is 0 Å². The van der Waals surface area contributed by atoms with Crippen molar-refractivity contribution in [2.75, 3.05) is 0 Å². The van der Waals surface area contributed by atoms with Crippen molar-refractivity contribution < 1.29 is 0 Å². The minimum Gasteiger partial charge on any atom is -0.308 e. The minimum absolute atomic E-state index is 0.0669. The summed E-state index contributed by atoms with van der Waals surface area (Å²) in [5.41, 5.74) is 11.9. The van der Waals surface area contributed by atoms with Gasteiger partial charge >= 0.3 is 0 Å². The number of thiophene rings is 1. The lowest BCUT2D eigenvalue weighted by Crippen LogP contribution is -2.14. The Balaban J connectivity index is 1.29. The summed E-state index contributed by atoms with van der Waals surface area (Å²) in [5.74, 6) is 0.733. The number of benzene rings is 6. The summed E-state index contributed by atoms with van der Waals surface area (Å²) < 4.78 is 3.65. The molecule has 222 valence electrons. The Morgan fingerprint density at radius 1 is 0.553 bits per heavy atom. The molecule has 0 radical (unpaired) electrons. The van der Waals surface area contributed by atoms with E-state index in [-0.39, 0.29) is 5.41 Å². The van der Waals surface area contributed by atoms with E-state index >= 15 is 0 Å². The van der Waals surface area contributed by atoms with Crippen LogP contribution in [0.15, 0.2) is 140 Å². The van der Waals surface area contributed by atoms with E-state index < -0.39 is 0 Å². The number of para-hydroxylation sites is 2. The zero-order valence-corrected chi connectivity index (χ0v) is 26.8. The third-order valence-electron chi connectivity index (χ3n) is 10.1. The number of hydrogen-bond donors (Lipinski definition) is 0. The zero-order chi connectivity index (χ0) is 31.3. The number of nitrogens with zero attached hydrogens (tertiary/aromatic N) is 3. The molecule has 1 aliphatic rings. The van der Waals surface area contributed by atoms with Crippen molar-refractivity contribution in [3.8, 4) is 39.5 Å². The number of aromatic nitrogens is 3. The molecular weight excluding hydrogens is 591 g/mol. The molecule has 10 rings (SSSR count).